The summed E-state index contributed by atoms with van der Waals surface area (Å²) in [7, 11) is 3.46. The van der Waals surface area contributed by atoms with Crippen LogP contribution >= 0.6 is 0 Å². The summed E-state index contributed by atoms with van der Waals surface area (Å²) in [6.45, 7) is 5.48. The smallest absolute Gasteiger partial charge is 0.225 e. The average Bonchev–Trinajstić information content (AvgIpc) is 3.13. The van der Waals surface area contributed by atoms with Crippen molar-refractivity contribution in [3.05, 3.63) is 23.7 Å². The molecule has 0 aromatic carbocycles. The molecule has 0 unspecified atom stereocenters. The number of aromatic amines is 1. The van der Waals surface area contributed by atoms with E-state index < -0.39 is 0 Å². The predicted molar refractivity (Wildman–Crippen MR) is 119 cm³/mol. The van der Waals surface area contributed by atoms with Crippen molar-refractivity contribution >= 4 is 17.1 Å². The number of amides is 1. The second-order valence-electron chi connectivity index (χ2n) is 8.76. The normalized spacial score (nSPS) is 18.1. The molecule has 1 aliphatic carbocycles. The molecule has 0 radical (unpaired) electrons. The predicted octanol–water partition coefficient (Wildman–Crippen LogP) is 2.56. The molecular weight excluding hydrogens is 394 g/mol. The number of carbonyl (C=O) groups excluding carboxylic acids is 1. The van der Waals surface area contributed by atoms with Crippen molar-refractivity contribution in [2.75, 3.05) is 53.6 Å². The molecule has 0 bridgehead atoms. The minimum atomic E-state index is 0.281. The van der Waals surface area contributed by atoms with Crippen molar-refractivity contribution < 1.29 is 14.3 Å². The van der Waals surface area contributed by atoms with Crippen molar-refractivity contribution in [1.82, 2.24) is 24.8 Å². The summed E-state index contributed by atoms with van der Waals surface area (Å²) in [5.74, 6) is 1.04. The van der Waals surface area contributed by atoms with Crippen molar-refractivity contribution in [2.24, 2.45) is 5.92 Å². The highest BCUT2D eigenvalue weighted by Crippen LogP contribution is 2.35. The SMILES string of the molecule is COCCN(CCOC)Cc1c(C2CCN(C(=O)C3CCC3)CC2)[nH]c2nccnc12. The molecule has 1 aliphatic heterocycles. The summed E-state index contributed by atoms with van der Waals surface area (Å²) >= 11 is 0. The Balaban J connectivity index is 1.51. The average molecular weight is 430 g/mol. The van der Waals surface area contributed by atoms with E-state index in [1.165, 1.54) is 17.7 Å². The van der Waals surface area contributed by atoms with Crippen LogP contribution in [0.3, 0.4) is 0 Å². The largest absolute Gasteiger partial charge is 0.383 e. The summed E-state index contributed by atoms with van der Waals surface area (Å²) in [5.41, 5.74) is 4.25. The van der Waals surface area contributed by atoms with E-state index in [1.807, 2.05) is 0 Å². The molecular formula is C23H35N5O3. The molecule has 1 amide bonds. The van der Waals surface area contributed by atoms with Crippen molar-refractivity contribution in [1.29, 1.82) is 0 Å². The first-order valence-electron chi connectivity index (χ1n) is 11.5. The van der Waals surface area contributed by atoms with E-state index in [2.05, 4.69) is 24.8 Å². The lowest BCUT2D eigenvalue weighted by molar-refractivity contribution is -0.139. The highest BCUT2D eigenvalue weighted by atomic mass is 16.5. The third-order valence-electron chi connectivity index (χ3n) is 6.84. The fourth-order valence-corrected chi connectivity index (χ4v) is 4.73. The van der Waals surface area contributed by atoms with Gasteiger partial charge in [-0.1, -0.05) is 6.42 Å². The second kappa shape index (κ2) is 10.5. The number of likely N-dealkylation sites (tertiary alicyclic amines) is 1. The molecule has 2 aromatic heterocycles. The van der Waals surface area contributed by atoms with E-state index in [9.17, 15) is 4.79 Å². The van der Waals surface area contributed by atoms with Crippen LogP contribution in [0.2, 0.25) is 0 Å². The third kappa shape index (κ3) is 5.07. The van der Waals surface area contributed by atoms with Crippen molar-refractivity contribution in [2.45, 2.75) is 44.6 Å². The number of methoxy groups -OCH3 is 2. The Kier molecular flexibility index (Phi) is 7.53. The summed E-state index contributed by atoms with van der Waals surface area (Å²) < 4.78 is 10.6. The van der Waals surface area contributed by atoms with Gasteiger partial charge in [0.15, 0.2) is 5.65 Å². The Morgan fingerprint density at radius 3 is 2.39 bits per heavy atom. The zero-order chi connectivity index (χ0) is 21.6. The van der Waals surface area contributed by atoms with E-state index in [1.54, 1.807) is 26.6 Å². The molecule has 1 saturated heterocycles. The number of ether oxygens (including phenoxy) is 2. The molecule has 2 aliphatic rings. The van der Waals surface area contributed by atoms with Gasteiger partial charge in [0.2, 0.25) is 5.91 Å². The minimum absolute atomic E-state index is 0.281. The van der Waals surface area contributed by atoms with Crippen LogP contribution in [0.5, 0.6) is 0 Å². The zero-order valence-corrected chi connectivity index (χ0v) is 18.8. The van der Waals surface area contributed by atoms with Crippen molar-refractivity contribution in [3.63, 3.8) is 0 Å². The van der Waals surface area contributed by atoms with Crippen LogP contribution in [-0.2, 0) is 20.8 Å². The van der Waals surface area contributed by atoms with Crippen LogP contribution in [0.1, 0.15) is 49.3 Å². The van der Waals surface area contributed by atoms with Gasteiger partial charge in [0.1, 0.15) is 5.52 Å². The van der Waals surface area contributed by atoms with Crippen LogP contribution in [0.4, 0.5) is 0 Å². The maximum absolute atomic E-state index is 12.6. The topological polar surface area (TPSA) is 83.6 Å². The number of aromatic nitrogens is 3. The van der Waals surface area contributed by atoms with Crippen LogP contribution < -0.4 is 0 Å². The molecule has 0 atom stereocenters. The fraction of sp³-hybridized carbons (Fsp3) is 0.696. The monoisotopic (exact) mass is 429 g/mol. The summed E-state index contributed by atoms with van der Waals surface area (Å²) in [4.78, 5) is 29.8. The molecule has 4 rings (SSSR count). The molecule has 2 aromatic rings. The van der Waals surface area contributed by atoms with Gasteiger partial charge >= 0.3 is 0 Å². The first kappa shape index (κ1) is 22.2. The van der Waals surface area contributed by atoms with E-state index in [0.29, 0.717) is 25.0 Å². The van der Waals surface area contributed by atoms with Gasteiger partial charge in [-0.05, 0) is 25.7 Å². The summed E-state index contributed by atoms with van der Waals surface area (Å²) in [6.07, 6.45) is 8.80. The van der Waals surface area contributed by atoms with Gasteiger partial charge < -0.3 is 19.4 Å². The molecule has 8 heteroatoms. The van der Waals surface area contributed by atoms with Gasteiger partial charge in [-0.2, -0.15) is 0 Å². The molecule has 1 saturated carbocycles. The van der Waals surface area contributed by atoms with Crippen LogP contribution in [0.15, 0.2) is 12.4 Å². The second-order valence-corrected chi connectivity index (χ2v) is 8.76. The summed E-state index contributed by atoms with van der Waals surface area (Å²) in [6, 6.07) is 0. The van der Waals surface area contributed by atoms with Gasteiger partial charge in [-0.15, -0.1) is 0 Å². The number of carbonyl (C=O) groups is 1. The molecule has 1 N–H and O–H groups in total. The highest BCUT2D eigenvalue weighted by Gasteiger charge is 2.33. The Hall–Kier alpha value is -2.03. The van der Waals surface area contributed by atoms with Gasteiger partial charge in [0.25, 0.3) is 0 Å². The number of nitrogens with one attached hydrogen (secondary N) is 1. The fourth-order valence-electron chi connectivity index (χ4n) is 4.73. The van der Waals surface area contributed by atoms with Crippen LogP contribution in [0.25, 0.3) is 11.2 Å². The van der Waals surface area contributed by atoms with E-state index in [-0.39, 0.29) is 5.92 Å². The van der Waals surface area contributed by atoms with Gasteiger partial charge in [0.05, 0.1) is 13.2 Å². The minimum Gasteiger partial charge on any atom is -0.383 e. The van der Waals surface area contributed by atoms with Gasteiger partial charge in [0, 0.05) is 82.4 Å². The van der Waals surface area contributed by atoms with E-state index in [4.69, 9.17) is 9.47 Å². The Morgan fingerprint density at radius 1 is 1.10 bits per heavy atom. The Labute approximate surface area is 184 Å². The Bertz CT molecular complexity index is 850. The zero-order valence-electron chi connectivity index (χ0n) is 18.8. The number of nitrogens with zero attached hydrogens (tertiary/aromatic N) is 4. The molecule has 2 fully saturated rings. The molecule has 170 valence electrons. The number of piperidine rings is 1. The molecule has 8 nitrogen and oxygen atoms in total. The van der Waals surface area contributed by atoms with E-state index >= 15 is 0 Å². The standard InChI is InChI=1S/C23H35N5O3/c1-30-14-12-27(13-15-31-2)16-19-20(26-22-21(19)24-8-9-25-22)17-6-10-28(11-7-17)23(29)18-4-3-5-18/h8-9,17-18H,3-7,10-16H2,1-2H3,(H,25,26). The highest BCUT2D eigenvalue weighted by molar-refractivity contribution is 5.80. The van der Waals surface area contributed by atoms with Crippen molar-refractivity contribution in [3.8, 4) is 0 Å². The van der Waals surface area contributed by atoms with Gasteiger partial charge in [-0.3, -0.25) is 14.7 Å². The first-order valence-corrected chi connectivity index (χ1v) is 11.5. The first-order chi connectivity index (χ1) is 15.2. The molecule has 3 heterocycles. The quantitative estimate of drug-likeness (QED) is 0.625. The molecule has 0 spiro atoms. The number of rotatable bonds is 10. The lowest BCUT2D eigenvalue weighted by Crippen LogP contribution is -2.43. The number of hydrogen-bond acceptors (Lipinski definition) is 6. The van der Waals surface area contributed by atoms with Crippen LogP contribution in [-0.4, -0.2) is 84.3 Å². The summed E-state index contributed by atoms with van der Waals surface area (Å²) in [5, 5.41) is 0. The number of H-pyrrole nitrogens is 1. The lowest BCUT2D eigenvalue weighted by atomic mass is 9.83. The number of hydrogen-bond donors (Lipinski definition) is 1. The Morgan fingerprint density at radius 2 is 1.77 bits per heavy atom. The maximum atomic E-state index is 12.6. The molecule has 31 heavy (non-hydrogen) atoms. The maximum Gasteiger partial charge on any atom is 0.225 e. The van der Waals surface area contributed by atoms with Crippen LogP contribution in [0, 0.1) is 5.92 Å². The van der Waals surface area contributed by atoms with E-state index in [0.717, 1.165) is 69.6 Å². The van der Waals surface area contributed by atoms with Gasteiger partial charge in [-0.25, -0.2) is 4.98 Å². The lowest BCUT2D eigenvalue weighted by Gasteiger charge is -2.36. The number of fused-ring (bicyclic) bond motifs is 1. The third-order valence-corrected chi connectivity index (χ3v) is 6.84.